The molecule has 10 rings (SSSR count). The molecule has 20 nitrogen and oxygen atoms in total. The number of hydrogen-bond donors (Lipinski definition) is 10. The molecule has 3 aliphatic carbocycles. The molecule has 76 heavy (non-hydrogen) atoms. The average molecular weight is 1080 g/mol. The topological polar surface area (TPSA) is 386 Å². The van der Waals surface area contributed by atoms with Crippen LogP contribution >= 0.6 is 22.7 Å². The number of aliphatic imine (C=N–C) groups is 6. The van der Waals surface area contributed by atoms with Gasteiger partial charge < -0.3 is 57.3 Å². The van der Waals surface area contributed by atoms with Gasteiger partial charge in [0.15, 0.2) is 0 Å². The summed E-state index contributed by atoms with van der Waals surface area (Å²) in [6.07, 6.45) is 39.8. The van der Waals surface area contributed by atoms with Crippen LogP contribution in [0.5, 0.6) is 0 Å². The molecule has 0 aromatic carbocycles. The highest BCUT2D eigenvalue weighted by Crippen LogP contribution is 2.16. The molecule has 0 amide bonds. The zero-order valence-corrected chi connectivity index (χ0v) is 46.6. The molecule has 0 fully saturated rings. The van der Waals surface area contributed by atoms with Crippen LogP contribution in [0.3, 0.4) is 0 Å². The number of rotatable bonds is 14. The molecule has 0 spiro atoms. The Morgan fingerprint density at radius 2 is 1.14 bits per heavy atom. The molecule has 0 saturated heterocycles. The molecule has 416 valence electrons. The molecule has 5 aliphatic heterocycles. The number of nitrogens with zero attached hydrogens (tertiary/aromatic N) is 10. The fourth-order valence-corrected chi connectivity index (χ4v) is 7.15. The number of allylic oxidation sites excluding steroid dienone is 12. The number of aromatic nitrogens is 4. The molecule has 0 saturated carbocycles. The van der Waals surface area contributed by atoms with Crippen LogP contribution in [0.25, 0.3) is 0 Å². The van der Waals surface area contributed by atoms with E-state index < -0.39 is 0 Å². The first-order valence-corrected chi connectivity index (χ1v) is 27.2. The monoisotopic (exact) mass is 1080 g/mol. The average Bonchev–Trinajstić information content (AvgIpc) is 4.28. The van der Waals surface area contributed by atoms with Gasteiger partial charge in [-0.2, -0.15) is 0 Å². The highest BCUT2D eigenvalue weighted by Gasteiger charge is 2.02. The van der Waals surface area contributed by atoms with Crippen molar-refractivity contribution < 1.29 is 0 Å². The second kappa shape index (κ2) is 47.6. The summed E-state index contributed by atoms with van der Waals surface area (Å²) in [4.78, 5) is 23.8. The lowest BCUT2D eigenvalue weighted by molar-refractivity contribution is 0.813. The molecule has 0 bridgehead atoms. The normalized spacial score (nSPS) is 15.9. The lowest BCUT2D eigenvalue weighted by atomic mass is 10.1. The van der Waals surface area contributed by atoms with E-state index in [0.717, 1.165) is 105 Å². The van der Waals surface area contributed by atoms with Crippen molar-refractivity contribution in [1.29, 1.82) is 0 Å². The van der Waals surface area contributed by atoms with Crippen molar-refractivity contribution in [3.63, 3.8) is 0 Å². The fraction of sp³-hybridized carbons (Fsp3) is 0.444. The van der Waals surface area contributed by atoms with Crippen LogP contribution in [0, 0.1) is 0 Å². The fourth-order valence-electron chi connectivity index (χ4n) is 6.19. The second-order valence-corrected chi connectivity index (χ2v) is 18.5. The summed E-state index contributed by atoms with van der Waals surface area (Å²) in [5, 5.41) is 16.6. The van der Waals surface area contributed by atoms with Gasteiger partial charge in [-0.1, -0.05) is 83.1 Å². The Morgan fingerprint density at radius 1 is 0.513 bits per heavy atom. The number of amidine groups is 1. The van der Waals surface area contributed by atoms with Gasteiger partial charge in [0.1, 0.15) is 26.9 Å². The van der Waals surface area contributed by atoms with Gasteiger partial charge in [-0.25, -0.2) is 4.99 Å². The second-order valence-electron chi connectivity index (χ2n) is 16.7. The number of hydrogen-bond acceptors (Lipinski definition) is 22. The maximum absolute atomic E-state index is 5.39. The smallest absolute Gasteiger partial charge is 0.137 e. The molecule has 0 atom stereocenters. The first-order chi connectivity index (χ1) is 37.1. The lowest BCUT2D eigenvalue weighted by Crippen LogP contribution is -2.08. The van der Waals surface area contributed by atoms with Gasteiger partial charge in [-0.05, 0) is 106 Å². The van der Waals surface area contributed by atoms with E-state index in [-0.39, 0.29) is 0 Å². The third kappa shape index (κ3) is 36.2. The van der Waals surface area contributed by atoms with Crippen LogP contribution in [0.15, 0.2) is 158 Å². The summed E-state index contributed by atoms with van der Waals surface area (Å²) >= 11 is 3.02. The van der Waals surface area contributed by atoms with Crippen LogP contribution in [0.1, 0.15) is 62.4 Å². The number of nitrogens with two attached hydrogens (primary N) is 10. The van der Waals surface area contributed by atoms with Gasteiger partial charge in [-0.15, -0.1) is 43.1 Å². The molecular formula is C54H88N20S2. The SMILES string of the molecule is CC1=CC=C(CN)C1.CC1=NCC(CN)=C1.NCC1=CC=CC1.NCC1=CC=NC1.NCC1=CCN=C1.NCC1=NCC=N1.NCCC1=CCN=C1.NCCCC1=CC=CC1.NCCc1nncs1.NCc1nncs1. The van der Waals surface area contributed by atoms with Crippen molar-refractivity contribution in [1.82, 2.24) is 20.4 Å². The lowest BCUT2D eigenvalue weighted by Gasteiger charge is -1.96. The summed E-state index contributed by atoms with van der Waals surface area (Å²) in [6.45, 7) is 14.7. The van der Waals surface area contributed by atoms with Crippen molar-refractivity contribution in [3.05, 3.63) is 139 Å². The van der Waals surface area contributed by atoms with E-state index in [0.29, 0.717) is 58.9 Å². The van der Waals surface area contributed by atoms with E-state index >= 15 is 0 Å². The highest BCUT2D eigenvalue weighted by atomic mass is 32.1. The third-order valence-corrected chi connectivity index (χ3v) is 11.9. The molecule has 2 aromatic heterocycles. The minimum Gasteiger partial charge on any atom is -0.330 e. The minimum absolute atomic E-state index is 0.469. The summed E-state index contributed by atoms with van der Waals surface area (Å²) in [6, 6.07) is 0. The van der Waals surface area contributed by atoms with Crippen LogP contribution < -0.4 is 57.3 Å². The zero-order chi connectivity index (χ0) is 55.7. The van der Waals surface area contributed by atoms with Crippen LogP contribution in [-0.4, -0.2) is 148 Å². The van der Waals surface area contributed by atoms with Gasteiger partial charge in [0.25, 0.3) is 0 Å². The molecule has 0 unspecified atom stereocenters. The highest BCUT2D eigenvalue weighted by molar-refractivity contribution is 7.09. The maximum Gasteiger partial charge on any atom is 0.137 e. The maximum atomic E-state index is 5.39. The molecule has 0 radical (unpaired) electrons. The van der Waals surface area contributed by atoms with E-state index in [1.165, 1.54) is 56.8 Å². The van der Waals surface area contributed by atoms with Crippen molar-refractivity contribution in [2.24, 2.45) is 87.3 Å². The van der Waals surface area contributed by atoms with E-state index in [4.69, 9.17) is 57.3 Å². The van der Waals surface area contributed by atoms with E-state index in [1.54, 1.807) is 34.8 Å². The van der Waals surface area contributed by atoms with Crippen LogP contribution in [0.2, 0.25) is 0 Å². The van der Waals surface area contributed by atoms with Crippen LogP contribution in [-0.2, 0) is 13.0 Å². The van der Waals surface area contributed by atoms with E-state index in [9.17, 15) is 0 Å². The quantitative estimate of drug-likeness (QED) is 0.129. The Kier molecular flexibility index (Phi) is 42.7. The van der Waals surface area contributed by atoms with E-state index in [2.05, 4.69) is 106 Å². The Bertz CT molecular complexity index is 2300. The van der Waals surface area contributed by atoms with Gasteiger partial charge in [-0.3, -0.25) is 25.0 Å². The van der Waals surface area contributed by atoms with Gasteiger partial charge in [0, 0.05) is 76.3 Å². The predicted octanol–water partition coefficient (Wildman–Crippen LogP) is 3.73. The zero-order valence-electron chi connectivity index (χ0n) is 45.0. The largest absolute Gasteiger partial charge is 0.330 e. The van der Waals surface area contributed by atoms with Crippen molar-refractivity contribution in [3.8, 4) is 0 Å². The van der Waals surface area contributed by atoms with Gasteiger partial charge in [0.05, 0.1) is 39.3 Å². The van der Waals surface area contributed by atoms with E-state index in [1.807, 2.05) is 43.7 Å². The first kappa shape index (κ1) is 68.2. The Balaban J connectivity index is 0.000000423. The van der Waals surface area contributed by atoms with Crippen molar-refractivity contribution >= 4 is 59.1 Å². The first-order valence-electron chi connectivity index (χ1n) is 25.5. The molecule has 20 N–H and O–H groups in total. The summed E-state index contributed by atoms with van der Waals surface area (Å²) in [5.74, 6) is 0.764. The van der Waals surface area contributed by atoms with Crippen LogP contribution in [0.4, 0.5) is 0 Å². The standard InChI is InChI=1S/C8H13N.C7H11N.2C6H10N2.C6H9N.2C5H8N2.C4H7N3S.C4H7N3.C3H5N3S/c9-7-3-6-8-4-1-2-5-8;1-6-2-3-7(4-6)5-8;1-5-2-6(3-7)4-8-5;7-3-1-6-2-4-8-5-6;7-5-6-3-1-2-4-6;2*6-3-5-1-2-7-4-5;5-2-1-4-7-6-3-8-4;5-3-4-6-1-2-7-4;4-1-3-6-5-2-7-3/h1-2,4H,3,5-7,9H2;2-3H,4-5,8H2,1H3;2H,3-4,7H2,1H3;2,5H,1,3-4,7H2;1-3H,4-5,7H2;1,4H,2-3,6H2;1-2H,3-4,6H2;3H,1-2,5H2;1H,2-3,5H2;2H,1,4H2. The van der Waals surface area contributed by atoms with Gasteiger partial charge in [0.2, 0.25) is 0 Å². The molecule has 22 heteroatoms. The van der Waals surface area contributed by atoms with Crippen molar-refractivity contribution in [2.75, 3.05) is 91.6 Å². The predicted molar refractivity (Wildman–Crippen MR) is 328 cm³/mol. The summed E-state index contributed by atoms with van der Waals surface area (Å²) in [5.41, 5.74) is 68.0. The molecular weight excluding hydrogens is 993 g/mol. The molecule has 2 aromatic rings. The minimum atomic E-state index is 0.469. The Labute approximate surface area is 460 Å². The summed E-state index contributed by atoms with van der Waals surface area (Å²) in [7, 11) is 0. The van der Waals surface area contributed by atoms with Crippen molar-refractivity contribution in [2.45, 2.75) is 65.3 Å². The third-order valence-electron chi connectivity index (χ3n) is 10.4. The Morgan fingerprint density at radius 3 is 1.46 bits per heavy atom. The molecule has 7 heterocycles. The summed E-state index contributed by atoms with van der Waals surface area (Å²) < 4.78 is 0. The molecule has 8 aliphatic rings. The Hall–Kier alpha value is -5.86. The van der Waals surface area contributed by atoms with Gasteiger partial charge >= 0.3 is 0 Å².